The first kappa shape index (κ1) is 19.1. The van der Waals surface area contributed by atoms with E-state index in [0.29, 0.717) is 17.9 Å². The van der Waals surface area contributed by atoms with Gasteiger partial charge in [-0.15, -0.1) is 0 Å². The Morgan fingerprint density at radius 1 is 0.964 bits per heavy atom. The van der Waals surface area contributed by atoms with E-state index in [-0.39, 0.29) is 5.91 Å². The Labute approximate surface area is 165 Å². The normalized spacial score (nSPS) is 11.0. The number of hydrogen-bond acceptors (Lipinski definition) is 3. The van der Waals surface area contributed by atoms with Crippen LogP contribution in [0.5, 0.6) is 5.75 Å². The van der Waals surface area contributed by atoms with Gasteiger partial charge >= 0.3 is 0 Å². The van der Waals surface area contributed by atoms with Crippen molar-refractivity contribution in [3.05, 3.63) is 107 Å². The van der Waals surface area contributed by atoms with Gasteiger partial charge < -0.3 is 4.74 Å². The van der Waals surface area contributed by atoms with Gasteiger partial charge in [-0.1, -0.05) is 66.2 Å². The van der Waals surface area contributed by atoms with Crippen LogP contribution in [-0.4, -0.2) is 12.1 Å². The van der Waals surface area contributed by atoms with E-state index in [0.717, 1.165) is 11.1 Å². The number of ether oxygens (including phenoxy) is 1. The van der Waals surface area contributed by atoms with Crippen LogP contribution in [0.3, 0.4) is 0 Å². The molecule has 0 radical (unpaired) electrons. The van der Waals surface area contributed by atoms with Crippen molar-refractivity contribution in [1.82, 2.24) is 5.43 Å². The third-order valence-electron chi connectivity index (χ3n) is 4.06. The van der Waals surface area contributed by atoms with Crippen LogP contribution in [0.15, 0.2) is 90.0 Å². The smallest absolute Gasteiger partial charge is 0.271 e. The summed E-state index contributed by atoms with van der Waals surface area (Å²) < 4.78 is 5.75. The van der Waals surface area contributed by atoms with Crippen molar-refractivity contribution in [2.24, 2.45) is 5.10 Å². The van der Waals surface area contributed by atoms with Crippen molar-refractivity contribution in [3.63, 3.8) is 0 Å². The van der Waals surface area contributed by atoms with Gasteiger partial charge in [-0.25, -0.2) is 5.43 Å². The molecule has 0 aliphatic rings. The van der Waals surface area contributed by atoms with Crippen LogP contribution in [0.2, 0.25) is 0 Å². The van der Waals surface area contributed by atoms with E-state index in [1.807, 2.05) is 48.5 Å². The van der Waals surface area contributed by atoms with E-state index in [1.165, 1.54) is 5.56 Å². The number of carbonyl (C=O) groups excluding carboxylic acids is 1. The number of hydrogen-bond donors (Lipinski definition) is 1. The molecule has 3 rings (SSSR count). The molecule has 0 aliphatic carbocycles. The second kappa shape index (κ2) is 9.88. The first-order valence-corrected chi connectivity index (χ1v) is 9.04. The van der Waals surface area contributed by atoms with Gasteiger partial charge in [0.25, 0.3) is 5.91 Å². The number of aryl methyl sites for hydroxylation is 1. The lowest BCUT2D eigenvalue weighted by Gasteiger charge is -2.07. The predicted molar refractivity (Wildman–Crippen MR) is 113 cm³/mol. The first-order valence-electron chi connectivity index (χ1n) is 9.04. The summed E-state index contributed by atoms with van der Waals surface area (Å²) in [6.07, 6.45) is 5.23. The quantitative estimate of drug-likeness (QED) is 0.470. The molecule has 3 aromatic carbocycles. The molecule has 4 heteroatoms. The monoisotopic (exact) mass is 370 g/mol. The Morgan fingerprint density at radius 3 is 2.39 bits per heavy atom. The molecule has 0 fully saturated rings. The van der Waals surface area contributed by atoms with Crippen LogP contribution in [0.4, 0.5) is 0 Å². The zero-order valence-corrected chi connectivity index (χ0v) is 15.7. The molecule has 3 aromatic rings. The van der Waals surface area contributed by atoms with Gasteiger partial charge in [-0.05, 0) is 48.4 Å². The highest BCUT2D eigenvalue weighted by Crippen LogP contribution is 2.14. The molecule has 0 heterocycles. The lowest BCUT2D eigenvalue weighted by atomic mass is 10.2. The number of allylic oxidation sites excluding steroid dienone is 1. The number of amides is 1. The minimum Gasteiger partial charge on any atom is -0.489 e. The second-order valence-electron chi connectivity index (χ2n) is 6.29. The van der Waals surface area contributed by atoms with Crippen LogP contribution in [0.25, 0.3) is 6.08 Å². The van der Waals surface area contributed by atoms with Crippen molar-refractivity contribution < 1.29 is 9.53 Å². The average molecular weight is 370 g/mol. The number of rotatable bonds is 7. The van der Waals surface area contributed by atoms with Crippen molar-refractivity contribution >= 4 is 18.2 Å². The SMILES string of the molecule is Cc1ccc(COc2ccc(C(=O)NN=CC=Cc3ccccc3)cc2)cc1. The Hall–Kier alpha value is -3.66. The summed E-state index contributed by atoms with van der Waals surface area (Å²) >= 11 is 0. The topological polar surface area (TPSA) is 50.7 Å². The summed E-state index contributed by atoms with van der Waals surface area (Å²) in [7, 11) is 0. The summed E-state index contributed by atoms with van der Waals surface area (Å²) in [6.45, 7) is 2.54. The van der Waals surface area contributed by atoms with E-state index in [2.05, 4.69) is 29.6 Å². The second-order valence-corrected chi connectivity index (χ2v) is 6.29. The van der Waals surface area contributed by atoms with Gasteiger partial charge in [-0.3, -0.25) is 4.79 Å². The Morgan fingerprint density at radius 2 is 1.68 bits per heavy atom. The fourth-order valence-electron chi connectivity index (χ4n) is 2.48. The molecule has 0 saturated heterocycles. The molecule has 0 unspecified atom stereocenters. The van der Waals surface area contributed by atoms with Crippen molar-refractivity contribution in [3.8, 4) is 5.75 Å². The first-order chi connectivity index (χ1) is 13.7. The Bertz CT molecular complexity index is 944. The summed E-state index contributed by atoms with van der Waals surface area (Å²) in [4.78, 5) is 12.1. The lowest BCUT2D eigenvalue weighted by Crippen LogP contribution is -2.17. The van der Waals surface area contributed by atoms with Gasteiger partial charge in [0.15, 0.2) is 0 Å². The largest absolute Gasteiger partial charge is 0.489 e. The molecule has 0 atom stereocenters. The van der Waals surface area contributed by atoms with Crippen LogP contribution in [0, 0.1) is 6.92 Å². The molecule has 4 nitrogen and oxygen atoms in total. The third-order valence-corrected chi connectivity index (χ3v) is 4.06. The highest BCUT2D eigenvalue weighted by molar-refractivity contribution is 5.94. The number of nitrogens with one attached hydrogen (secondary N) is 1. The maximum absolute atomic E-state index is 12.1. The van der Waals surface area contributed by atoms with Gasteiger partial charge in [0.2, 0.25) is 0 Å². The van der Waals surface area contributed by atoms with Crippen molar-refractivity contribution in [2.75, 3.05) is 0 Å². The summed E-state index contributed by atoms with van der Waals surface area (Å²) in [5.74, 6) is 0.445. The minimum atomic E-state index is -0.269. The van der Waals surface area contributed by atoms with E-state index in [9.17, 15) is 4.79 Å². The molecule has 1 amide bonds. The molecule has 140 valence electrons. The van der Waals surface area contributed by atoms with E-state index < -0.39 is 0 Å². The number of carbonyl (C=O) groups is 1. The molecule has 0 spiro atoms. The summed E-state index contributed by atoms with van der Waals surface area (Å²) in [5.41, 5.74) is 6.42. The predicted octanol–water partition coefficient (Wildman–Crippen LogP) is 5.00. The Kier molecular flexibility index (Phi) is 6.74. The highest BCUT2D eigenvalue weighted by atomic mass is 16.5. The highest BCUT2D eigenvalue weighted by Gasteiger charge is 2.04. The number of benzene rings is 3. The number of nitrogens with zero attached hydrogens (tertiary/aromatic N) is 1. The molecule has 0 aliphatic heterocycles. The lowest BCUT2D eigenvalue weighted by molar-refractivity contribution is 0.0955. The van der Waals surface area contributed by atoms with Crippen LogP contribution >= 0.6 is 0 Å². The standard InChI is InChI=1S/C24H22N2O2/c1-19-9-11-21(12-10-19)18-28-23-15-13-22(14-16-23)24(27)26-25-17-5-8-20-6-3-2-4-7-20/h2-17H,18H2,1H3,(H,26,27). The summed E-state index contributed by atoms with van der Waals surface area (Å²) in [6, 6.07) is 25.1. The van der Waals surface area contributed by atoms with Crippen LogP contribution in [-0.2, 0) is 6.61 Å². The number of hydrazone groups is 1. The molecule has 0 bridgehead atoms. The molecular weight excluding hydrogens is 348 g/mol. The molecule has 0 aromatic heterocycles. The van der Waals surface area contributed by atoms with Gasteiger partial charge in [0.05, 0.1) is 0 Å². The average Bonchev–Trinajstić information content (AvgIpc) is 2.74. The molecule has 0 saturated carbocycles. The van der Waals surface area contributed by atoms with Gasteiger partial charge in [-0.2, -0.15) is 5.10 Å². The zero-order valence-electron chi connectivity index (χ0n) is 15.7. The van der Waals surface area contributed by atoms with Crippen LogP contribution < -0.4 is 10.2 Å². The third kappa shape index (κ3) is 5.95. The van der Waals surface area contributed by atoms with Crippen molar-refractivity contribution in [2.45, 2.75) is 13.5 Å². The van der Waals surface area contributed by atoms with E-state index in [1.54, 1.807) is 36.6 Å². The van der Waals surface area contributed by atoms with Gasteiger partial charge in [0, 0.05) is 11.8 Å². The maximum atomic E-state index is 12.1. The molecule has 1 N–H and O–H groups in total. The summed E-state index contributed by atoms with van der Waals surface area (Å²) in [5, 5.41) is 3.93. The fraction of sp³-hybridized carbons (Fsp3) is 0.0833. The van der Waals surface area contributed by atoms with E-state index in [4.69, 9.17) is 4.74 Å². The van der Waals surface area contributed by atoms with Gasteiger partial charge in [0.1, 0.15) is 12.4 Å². The van der Waals surface area contributed by atoms with E-state index >= 15 is 0 Å². The van der Waals surface area contributed by atoms with Crippen LogP contribution in [0.1, 0.15) is 27.0 Å². The zero-order chi connectivity index (χ0) is 19.6. The Balaban J connectivity index is 1.47. The molecular formula is C24H22N2O2. The fourth-order valence-corrected chi connectivity index (χ4v) is 2.48. The van der Waals surface area contributed by atoms with Crippen molar-refractivity contribution in [1.29, 1.82) is 0 Å². The minimum absolute atomic E-state index is 0.269. The maximum Gasteiger partial charge on any atom is 0.271 e. The molecule has 28 heavy (non-hydrogen) atoms.